The van der Waals surface area contributed by atoms with Crippen LogP contribution in [0, 0.1) is 0 Å². The predicted octanol–water partition coefficient (Wildman–Crippen LogP) is 3.53. The first-order chi connectivity index (χ1) is 17.1. The number of anilines is 1. The molecular formula is C25H31ClN6O2S. The van der Waals surface area contributed by atoms with E-state index in [0.717, 1.165) is 60.7 Å². The molecule has 4 heterocycles. The van der Waals surface area contributed by atoms with Crippen LogP contribution in [0.1, 0.15) is 16.8 Å². The summed E-state index contributed by atoms with van der Waals surface area (Å²) >= 11 is 8.08. The first kappa shape index (κ1) is 24.4. The van der Waals surface area contributed by atoms with E-state index in [2.05, 4.69) is 33.2 Å². The first-order valence-electron chi connectivity index (χ1n) is 12.1. The number of nitrogens with zero attached hydrogens (tertiary/aromatic N) is 5. The van der Waals surface area contributed by atoms with Crippen LogP contribution in [-0.4, -0.2) is 103 Å². The van der Waals surface area contributed by atoms with Gasteiger partial charge in [-0.3, -0.25) is 4.79 Å². The lowest BCUT2D eigenvalue weighted by Crippen LogP contribution is -2.44. The van der Waals surface area contributed by atoms with E-state index in [1.54, 1.807) is 17.5 Å². The summed E-state index contributed by atoms with van der Waals surface area (Å²) in [4.78, 5) is 29.6. The molecule has 10 heteroatoms. The molecule has 1 aromatic carbocycles. The summed E-state index contributed by atoms with van der Waals surface area (Å²) in [5.74, 6) is 0.636. The SMILES string of the molecule is CN1CCN(CCCNc2ncc(Cl)c(-c3cc4ccc(C(=O)N5CCOCC5)cc4s3)n2)CC1. The van der Waals surface area contributed by atoms with E-state index in [1.807, 2.05) is 23.1 Å². The molecule has 8 nitrogen and oxygen atoms in total. The molecule has 3 aromatic rings. The van der Waals surface area contributed by atoms with Crippen molar-refractivity contribution >= 4 is 44.9 Å². The molecule has 1 N–H and O–H groups in total. The number of fused-ring (bicyclic) bond motifs is 1. The fourth-order valence-corrected chi connectivity index (χ4v) is 5.78. The minimum Gasteiger partial charge on any atom is -0.378 e. The number of amides is 1. The fourth-order valence-electron chi connectivity index (χ4n) is 4.43. The molecule has 5 rings (SSSR count). The van der Waals surface area contributed by atoms with Crippen molar-refractivity contribution in [2.24, 2.45) is 0 Å². The van der Waals surface area contributed by atoms with Gasteiger partial charge in [-0.05, 0) is 43.6 Å². The van der Waals surface area contributed by atoms with Gasteiger partial charge in [0.1, 0.15) is 5.69 Å². The minimum atomic E-state index is 0.0493. The Morgan fingerprint density at radius 3 is 2.74 bits per heavy atom. The molecule has 0 aliphatic carbocycles. The van der Waals surface area contributed by atoms with E-state index in [4.69, 9.17) is 21.3 Å². The molecule has 0 atom stereocenters. The van der Waals surface area contributed by atoms with Gasteiger partial charge < -0.3 is 24.8 Å². The summed E-state index contributed by atoms with van der Waals surface area (Å²) in [7, 11) is 2.18. The number of aromatic nitrogens is 2. The summed E-state index contributed by atoms with van der Waals surface area (Å²) in [5.41, 5.74) is 1.41. The zero-order chi connectivity index (χ0) is 24.2. The Balaban J connectivity index is 1.24. The number of benzene rings is 1. The van der Waals surface area contributed by atoms with Crippen molar-refractivity contribution in [2.75, 3.05) is 77.9 Å². The summed E-state index contributed by atoms with van der Waals surface area (Å²) in [5, 5.41) is 4.94. The van der Waals surface area contributed by atoms with Gasteiger partial charge in [0.15, 0.2) is 0 Å². The largest absolute Gasteiger partial charge is 0.378 e. The lowest BCUT2D eigenvalue weighted by atomic mass is 10.1. The third kappa shape index (κ3) is 5.92. The van der Waals surface area contributed by atoms with Crippen LogP contribution in [0.2, 0.25) is 5.02 Å². The molecule has 0 spiro atoms. The normalized spacial score (nSPS) is 17.7. The van der Waals surface area contributed by atoms with Crippen LogP contribution in [0.4, 0.5) is 5.95 Å². The zero-order valence-corrected chi connectivity index (χ0v) is 21.6. The second-order valence-corrected chi connectivity index (χ2v) is 10.6. The van der Waals surface area contributed by atoms with Gasteiger partial charge in [-0.25, -0.2) is 9.97 Å². The lowest BCUT2D eigenvalue weighted by molar-refractivity contribution is 0.0303. The van der Waals surface area contributed by atoms with Gasteiger partial charge in [0.05, 0.1) is 29.3 Å². The zero-order valence-electron chi connectivity index (χ0n) is 20.0. The maximum absolute atomic E-state index is 12.9. The second-order valence-electron chi connectivity index (χ2n) is 9.08. The average Bonchev–Trinajstić information content (AvgIpc) is 3.32. The van der Waals surface area contributed by atoms with Gasteiger partial charge in [-0.15, -0.1) is 11.3 Å². The number of hydrogen-bond donors (Lipinski definition) is 1. The Bertz CT molecular complexity index is 1170. The summed E-state index contributed by atoms with van der Waals surface area (Å²) < 4.78 is 6.40. The second kappa shape index (κ2) is 11.2. The van der Waals surface area contributed by atoms with Crippen molar-refractivity contribution in [2.45, 2.75) is 6.42 Å². The minimum absolute atomic E-state index is 0.0493. The lowest BCUT2D eigenvalue weighted by Gasteiger charge is -2.32. The number of rotatable bonds is 7. The quantitative estimate of drug-likeness (QED) is 0.483. The average molecular weight is 515 g/mol. The van der Waals surface area contributed by atoms with Gasteiger partial charge in [-0.2, -0.15) is 0 Å². The van der Waals surface area contributed by atoms with Crippen LogP contribution in [-0.2, 0) is 4.74 Å². The highest BCUT2D eigenvalue weighted by Gasteiger charge is 2.20. The number of carbonyl (C=O) groups excluding carboxylic acids is 1. The Hall–Kier alpha value is -2.30. The van der Waals surface area contributed by atoms with E-state index in [0.29, 0.717) is 48.5 Å². The van der Waals surface area contributed by atoms with Crippen LogP contribution in [0.15, 0.2) is 30.5 Å². The van der Waals surface area contributed by atoms with Gasteiger partial charge >= 0.3 is 0 Å². The molecule has 2 fully saturated rings. The van der Waals surface area contributed by atoms with E-state index >= 15 is 0 Å². The Labute approximate surface area is 214 Å². The van der Waals surface area contributed by atoms with E-state index in [1.165, 1.54) is 0 Å². The molecule has 2 aliphatic rings. The molecule has 2 saturated heterocycles. The predicted molar refractivity (Wildman–Crippen MR) is 142 cm³/mol. The van der Waals surface area contributed by atoms with Gasteiger partial charge in [0.2, 0.25) is 5.95 Å². The number of piperazine rings is 1. The maximum atomic E-state index is 12.9. The van der Waals surface area contributed by atoms with Crippen molar-refractivity contribution in [3.63, 3.8) is 0 Å². The topological polar surface area (TPSA) is 73.8 Å². The number of morpholine rings is 1. The molecule has 2 aliphatic heterocycles. The molecule has 2 aromatic heterocycles. The van der Waals surface area contributed by atoms with Crippen LogP contribution in [0.3, 0.4) is 0 Å². The Morgan fingerprint density at radius 1 is 1.14 bits per heavy atom. The summed E-state index contributed by atoms with van der Waals surface area (Å²) in [6.07, 6.45) is 2.69. The van der Waals surface area contributed by atoms with Crippen molar-refractivity contribution in [1.29, 1.82) is 0 Å². The monoisotopic (exact) mass is 514 g/mol. The number of nitrogens with one attached hydrogen (secondary N) is 1. The molecule has 0 unspecified atom stereocenters. The number of carbonyl (C=O) groups is 1. The maximum Gasteiger partial charge on any atom is 0.254 e. The highest BCUT2D eigenvalue weighted by molar-refractivity contribution is 7.22. The van der Waals surface area contributed by atoms with Crippen LogP contribution in [0.25, 0.3) is 20.7 Å². The third-order valence-corrected chi connectivity index (χ3v) is 7.95. The molecule has 186 valence electrons. The number of likely N-dealkylation sites (N-methyl/N-ethyl adjacent to an activating group) is 1. The molecule has 0 bridgehead atoms. The first-order valence-corrected chi connectivity index (χ1v) is 13.3. The molecule has 1 amide bonds. The smallest absolute Gasteiger partial charge is 0.254 e. The van der Waals surface area contributed by atoms with Crippen molar-refractivity contribution in [3.8, 4) is 10.6 Å². The molecule has 0 radical (unpaired) electrons. The van der Waals surface area contributed by atoms with Crippen LogP contribution in [0.5, 0.6) is 0 Å². The molecule has 0 saturated carbocycles. The van der Waals surface area contributed by atoms with Crippen molar-refractivity contribution in [1.82, 2.24) is 24.7 Å². The standard InChI is InChI=1S/C25H31ClN6O2S/c1-30-7-9-31(10-8-30)6-2-5-27-25-28-17-20(26)23(29-25)22-15-18-3-4-19(16-21(18)35-22)24(33)32-11-13-34-14-12-32/h3-4,15-17H,2,5-14H2,1H3,(H,27,28,29). The summed E-state index contributed by atoms with van der Waals surface area (Å²) in [6, 6.07) is 7.93. The molecular weight excluding hydrogens is 484 g/mol. The third-order valence-electron chi connectivity index (χ3n) is 6.57. The van der Waals surface area contributed by atoms with Gasteiger partial charge in [0, 0.05) is 56.1 Å². The fraction of sp³-hybridized carbons (Fsp3) is 0.480. The van der Waals surface area contributed by atoms with E-state index in [-0.39, 0.29) is 5.91 Å². The Kier molecular flexibility index (Phi) is 7.79. The number of hydrogen-bond acceptors (Lipinski definition) is 8. The van der Waals surface area contributed by atoms with Gasteiger partial charge in [0.25, 0.3) is 5.91 Å². The van der Waals surface area contributed by atoms with Crippen LogP contribution >= 0.6 is 22.9 Å². The van der Waals surface area contributed by atoms with Crippen molar-refractivity contribution in [3.05, 3.63) is 41.0 Å². The van der Waals surface area contributed by atoms with E-state index in [9.17, 15) is 4.79 Å². The number of halogens is 1. The molecule has 35 heavy (non-hydrogen) atoms. The highest BCUT2D eigenvalue weighted by atomic mass is 35.5. The van der Waals surface area contributed by atoms with E-state index < -0.39 is 0 Å². The summed E-state index contributed by atoms with van der Waals surface area (Å²) in [6.45, 7) is 8.86. The van der Waals surface area contributed by atoms with Crippen LogP contribution < -0.4 is 5.32 Å². The van der Waals surface area contributed by atoms with Crippen molar-refractivity contribution < 1.29 is 9.53 Å². The highest BCUT2D eigenvalue weighted by Crippen LogP contribution is 2.36. The number of thiophene rings is 1. The Morgan fingerprint density at radius 2 is 1.94 bits per heavy atom. The van der Waals surface area contributed by atoms with Gasteiger partial charge in [-0.1, -0.05) is 17.7 Å². The number of ether oxygens (including phenoxy) is 1.